The van der Waals surface area contributed by atoms with Crippen LogP contribution in [0.25, 0.3) is 0 Å². The van der Waals surface area contributed by atoms with Gasteiger partial charge < -0.3 is 14.7 Å². The molecule has 82 valence electrons. The largest absolute Gasteiger partial charge is 0.493 e. The lowest BCUT2D eigenvalue weighted by atomic mass is 10.1. The third-order valence-corrected chi connectivity index (χ3v) is 3.43. The predicted octanol–water partition coefficient (Wildman–Crippen LogP) is 1.87. The van der Waals surface area contributed by atoms with Crippen LogP contribution in [0.1, 0.15) is 11.1 Å². The van der Waals surface area contributed by atoms with Crippen LogP contribution in [-0.2, 0) is 13.0 Å². The van der Waals surface area contributed by atoms with Crippen molar-refractivity contribution in [3.63, 3.8) is 0 Å². The minimum absolute atomic E-state index is 0.379. The van der Waals surface area contributed by atoms with Crippen LogP contribution in [-0.4, -0.2) is 18.9 Å². The third-order valence-electron chi connectivity index (χ3n) is 2.44. The van der Waals surface area contributed by atoms with Crippen LogP contribution >= 0.6 is 15.9 Å². The highest BCUT2D eigenvalue weighted by Gasteiger charge is 2.22. The van der Waals surface area contributed by atoms with E-state index in [4.69, 9.17) is 14.7 Å². The van der Waals surface area contributed by atoms with Crippen LogP contribution in [0.4, 0.5) is 0 Å². The number of ether oxygens (including phenoxy) is 2. The summed E-state index contributed by atoms with van der Waals surface area (Å²) < 4.78 is 11.7. The average molecular weight is 274 g/mol. The van der Waals surface area contributed by atoms with E-state index in [0.717, 1.165) is 33.5 Å². The summed E-state index contributed by atoms with van der Waals surface area (Å²) in [5, 5.41) is 8.71. The van der Waals surface area contributed by atoms with Gasteiger partial charge in [0, 0.05) is 23.0 Å². The second-order valence-corrected chi connectivity index (χ2v) is 4.09. The van der Waals surface area contributed by atoms with Crippen LogP contribution in [0.3, 0.4) is 0 Å². The van der Waals surface area contributed by atoms with Crippen LogP contribution in [0.5, 0.6) is 11.5 Å². The number of hydrogen-bond donors (Lipinski definition) is 2. The molecule has 5 heteroatoms. The maximum atomic E-state index is 8.71. The average Bonchev–Trinajstić information content (AvgIpc) is 2.71. The van der Waals surface area contributed by atoms with Crippen LogP contribution in [0.15, 0.2) is 10.5 Å². The molecule has 1 aliphatic rings. The van der Waals surface area contributed by atoms with E-state index in [1.165, 1.54) is 0 Å². The van der Waals surface area contributed by atoms with Gasteiger partial charge >= 0.3 is 0 Å². The molecule has 2 rings (SSSR count). The Morgan fingerprint density at radius 2 is 2.47 bits per heavy atom. The van der Waals surface area contributed by atoms with Gasteiger partial charge in [-0.2, -0.15) is 0 Å². The number of hydroxylamine groups is 1. The Labute approximate surface area is 96.3 Å². The summed E-state index contributed by atoms with van der Waals surface area (Å²) in [5.41, 5.74) is 4.21. The normalized spacial score (nSPS) is 13.5. The molecular formula is C10H12BrNO3. The molecule has 0 unspecified atom stereocenters. The minimum Gasteiger partial charge on any atom is -0.493 e. The molecule has 15 heavy (non-hydrogen) atoms. The van der Waals surface area contributed by atoms with E-state index in [9.17, 15) is 0 Å². The van der Waals surface area contributed by atoms with Crippen molar-refractivity contribution in [2.75, 3.05) is 13.7 Å². The zero-order chi connectivity index (χ0) is 10.8. The highest BCUT2D eigenvalue weighted by Crippen LogP contribution is 2.42. The van der Waals surface area contributed by atoms with Crippen molar-refractivity contribution in [3.8, 4) is 11.5 Å². The number of halogens is 1. The molecule has 0 radical (unpaired) electrons. The fourth-order valence-corrected chi connectivity index (χ4v) is 2.36. The topological polar surface area (TPSA) is 50.7 Å². The number of methoxy groups -OCH3 is 1. The maximum Gasteiger partial charge on any atom is 0.165 e. The molecule has 0 fully saturated rings. The summed E-state index contributed by atoms with van der Waals surface area (Å²) in [5.74, 6) is 1.53. The highest BCUT2D eigenvalue weighted by atomic mass is 79.9. The lowest BCUT2D eigenvalue weighted by Crippen LogP contribution is -2.07. The highest BCUT2D eigenvalue weighted by molar-refractivity contribution is 9.10. The molecule has 0 saturated carbocycles. The Balaban J connectivity index is 2.51. The zero-order valence-electron chi connectivity index (χ0n) is 8.34. The van der Waals surface area contributed by atoms with Gasteiger partial charge in [-0.3, -0.25) is 0 Å². The fraction of sp³-hybridized carbons (Fsp3) is 0.400. The second kappa shape index (κ2) is 4.38. The molecule has 1 aliphatic heterocycles. The molecule has 2 N–H and O–H groups in total. The Morgan fingerprint density at radius 1 is 1.67 bits per heavy atom. The summed E-state index contributed by atoms with van der Waals surface area (Å²) in [4.78, 5) is 0. The summed E-state index contributed by atoms with van der Waals surface area (Å²) in [6.07, 6.45) is 0.867. The van der Waals surface area contributed by atoms with Gasteiger partial charge in [-0.05, 0) is 11.6 Å². The summed E-state index contributed by atoms with van der Waals surface area (Å²) in [6, 6.07) is 1.86. The number of hydrogen-bond acceptors (Lipinski definition) is 4. The van der Waals surface area contributed by atoms with Gasteiger partial charge in [0.1, 0.15) is 0 Å². The number of rotatable bonds is 3. The van der Waals surface area contributed by atoms with Gasteiger partial charge in [0.15, 0.2) is 11.5 Å². The van der Waals surface area contributed by atoms with Gasteiger partial charge in [-0.15, -0.1) is 0 Å². The Bertz CT molecular complexity index is 381. The first-order valence-electron chi connectivity index (χ1n) is 4.66. The maximum absolute atomic E-state index is 8.71. The molecular weight excluding hydrogens is 262 g/mol. The Morgan fingerprint density at radius 3 is 3.13 bits per heavy atom. The number of benzene rings is 1. The molecule has 0 bridgehead atoms. The lowest BCUT2D eigenvalue weighted by molar-refractivity contribution is 0.161. The van der Waals surface area contributed by atoms with Gasteiger partial charge in [0.25, 0.3) is 0 Å². The molecule has 0 saturated heterocycles. The molecule has 1 heterocycles. The number of nitrogens with one attached hydrogen (secondary N) is 1. The van der Waals surface area contributed by atoms with Crippen molar-refractivity contribution in [2.45, 2.75) is 13.0 Å². The van der Waals surface area contributed by atoms with Crippen molar-refractivity contribution < 1.29 is 14.7 Å². The van der Waals surface area contributed by atoms with Crippen molar-refractivity contribution in [3.05, 3.63) is 21.7 Å². The molecule has 1 aromatic carbocycles. The molecule has 0 atom stereocenters. The first-order chi connectivity index (χ1) is 7.27. The third kappa shape index (κ3) is 1.82. The van der Waals surface area contributed by atoms with Crippen molar-refractivity contribution >= 4 is 15.9 Å². The molecule has 1 aromatic rings. The van der Waals surface area contributed by atoms with E-state index in [1.54, 1.807) is 7.11 Å². The zero-order valence-corrected chi connectivity index (χ0v) is 9.93. The Kier molecular flexibility index (Phi) is 3.14. The second-order valence-electron chi connectivity index (χ2n) is 3.29. The number of fused-ring (bicyclic) bond motifs is 1. The Hall–Kier alpha value is -0.780. The summed E-state index contributed by atoms with van der Waals surface area (Å²) in [7, 11) is 1.61. The molecule has 0 aromatic heterocycles. The minimum atomic E-state index is 0.379. The summed E-state index contributed by atoms with van der Waals surface area (Å²) >= 11 is 3.51. The van der Waals surface area contributed by atoms with Gasteiger partial charge in [0.05, 0.1) is 13.7 Å². The van der Waals surface area contributed by atoms with Crippen LogP contribution < -0.4 is 15.0 Å². The van der Waals surface area contributed by atoms with Crippen molar-refractivity contribution in [1.29, 1.82) is 0 Å². The van der Waals surface area contributed by atoms with E-state index >= 15 is 0 Å². The van der Waals surface area contributed by atoms with Gasteiger partial charge in [-0.1, -0.05) is 15.9 Å². The molecule has 0 aliphatic carbocycles. The molecule has 0 spiro atoms. The smallest absolute Gasteiger partial charge is 0.165 e. The van der Waals surface area contributed by atoms with E-state index in [2.05, 4.69) is 21.4 Å². The van der Waals surface area contributed by atoms with Gasteiger partial charge in [0.2, 0.25) is 0 Å². The van der Waals surface area contributed by atoms with Crippen LogP contribution in [0, 0.1) is 0 Å². The predicted molar refractivity (Wildman–Crippen MR) is 58.5 cm³/mol. The van der Waals surface area contributed by atoms with E-state index in [-0.39, 0.29) is 0 Å². The van der Waals surface area contributed by atoms with Crippen molar-refractivity contribution in [2.24, 2.45) is 0 Å². The molecule has 0 amide bonds. The first-order valence-corrected chi connectivity index (χ1v) is 5.45. The first kappa shape index (κ1) is 10.7. The van der Waals surface area contributed by atoms with Gasteiger partial charge in [-0.25, -0.2) is 5.48 Å². The fourth-order valence-electron chi connectivity index (χ4n) is 1.73. The monoisotopic (exact) mass is 273 g/mol. The van der Waals surface area contributed by atoms with Crippen molar-refractivity contribution in [1.82, 2.24) is 5.48 Å². The van der Waals surface area contributed by atoms with E-state index in [1.807, 2.05) is 6.07 Å². The summed E-state index contributed by atoms with van der Waals surface area (Å²) in [6.45, 7) is 1.06. The standard InChI is InChI=1S/C10H12BrNO3/c1-14-8-4-6(5-12-13)9(11)7-2-3-15-10(7)8/h4,12-13H,2-3,5H2,1H3. The quantitative estimate of drug-likeness (QED) is 0.826. The van der Waals surface area contributed by atoms with Crippen LogP contribution in [0.2, 0.25) is 0 Å². The molecule has 4 nitrogen and oxygen atoms in total. The van der Waals surface area contributed by atoms with E-state index < -0.39 is 0 Å². The van der Waals surface area contributed by atoms with E-state index in [0.29, 0.717) is 13.2 Å². The SMILES string of the molecule is COc1cc(CNO)c(Br)c2c1OCC2. The lowest BCUT2D eigenvalue weighted by Gasteiger charge is -2.12.